The molecule has 0 aliphatic heterocycles. The molecule has 34 heavy (non-hydrogen) atoms. The van der Waals surface area contributed by atoms with E-state index in [1.807, 2.05) is 48.5 Å². The number of benzene rings is 4. The van der Waals surface area contributed by atoms with Crippen LogP contribution in [0.15, 0.2) is 91.0 Å². The third-order valence-corrected chi connectivity index (χ3v) is 5.58. The Hall–Kier alpha value is -4.24. The first-order valence-electron chi connectivity index (χ1n) is 11.1. The van der Waals surface area contributed by atoms with Gasteiger partial charge in [0.15, 0.2) is 11.5 Å². The zero-order valence-corrected chi connectivity index (χ0v) is 19.7. The summed E-state index contributed by atoms with van der Waals surface area (Å²) in [6.07, 6.45) is 8.30. The third-order valence-electron chi connectivity index (χ3n) is 5.58. The van der Waals surface area contributed by atoms with Crippen molar-refractivity contribution >= 4 is 24.3 Å². The number of hydrogen-bond acceptors (Lipinski definition) is 3. The fourth-order valence-corrected chi connectivity index (χ4v) is 3.85. The molecule has 0 heterocycles. The molecule has 0 unspecified atom stereocenters. The van der Waals surface area contributed by atoms with Crippen molar-refractivity contribution in [2.75, 3.05) is 21.3 Å². The van der Waals surface area contributed by atoms with Gasteiger partial charge in [-0.1, -0.05) is 91.0 Å². The Morgan fingerprint density at radius 2 is 1.15 bits per heavy atom. The first-order valence-corrected chi connectivity index (χ1v) is 11.1. The van der Waals surface area contributed by atoms with Crippen molar-refractivity contribution < 1.29 is 14.2 Å². The Balaban J connectivity index is 1.70. The van der Waals surface area contributed by atoms with E-state index in [-0.39, 0.29) is 0 Å². The molecule has 0 spiro atoms. The van der Waals surface area contributed by atoms with Crippen molar-refractivity contribution in [2.45, 2.75) is 0 Å². The van der Waals surface area contributed by atoms with Gasteiger partial charge in [-0.15, -0.1) is 0 Å². The van der Waals surface area contributed by atoms with Gasteiger partial charge in [0.1, 0.15) is 5.75 Å². The maximum Gasteiger partial charge on any atom is 0.167 e. The second kappa shape index (κ2) is 11.1. The van der Waals surface area contributed by atoms with E-state index in [4.69, 9.17) is 14.2 Å². The number of para-hydroxylation sites is 1. The average Bonchev–Trinajstić information content (AvgIpc) is 2.91. The van der Waals surface area contributed by atoms with E-state index in [1.54, 1.807) is 21.3 Å². The summed E-state index contributed by atoms with van der Waals surface area (Å²) in [5, 5.41) is 0. The highest BCUT2D eigenvalue weighted by molar-refractivity contribution is 5.81. The molecule has 0 aliphatic carbocycles. The summed E-state index contributed by atoms with van der Waals surface area (Å²) in [6, 6.07) is 30.7. The predicted molar refractivity (Wildman–Crippen MR) is 142 cm³/mol. The lowest BCUT2D eigenvalue weighted by atomic mass is 9.99. The monoisotopic (exact) mass is 448 g/mol. The van der Waals surface area contributed by atoms with Crippen molar-refractivity contribution in [3.05, 3.63) is 113 Å². The molecule has 3 nitrogen and oxygen atoms in total. The van der Waals surface area contributed by atoms with Crippen molar-refractivity contribution in [3.63, 3.8) is 0 Å². The van der Waals surface area contributed by atoms with Crippen LogP contribution in [0.5, 0.6) is 17.2 Å². The van der Waals surface area contributed by atoms with Crippen molar-refractivity contribution in [1.29, 1.82) is 0 Å². The van der Waals surface area contributed by atoms with Crippen LogP contribution in [0, 0.1) is 0 Å². The summed E-state index contributed by atoms with van der Waals surface area (Å²) in [5.74, 6) is 2.26. The van der Waals surface area contributed by atoms with Gasteiger partial charge in [-0.2, -0.15) is 0 Å². The molecule has 0 N–H and O–H groups in total. The van der Waals surface area contributed by atoms with E-state index in [0.717, 1.165) is 39.1 Å². The molecule has 4 rings (SSSR count). The van der Waals surface area contributed by atoms with Gasteiger partial charge in [0, 0.05) is 11.1 Å². The first kappa shape index (κ1) is 22.9. The lowest BCUT2D eigenvalue weighted by molar-refractivity contribution is 0.354. The smallest absolute Gasteiger partial charge is 0.167 e. The van der Waals surface area contributed by atoms with Crippen LogP contribution < -0.4 is 14.2 Å². The number of hydrogen-bond donors (Lipinski definition) is 0. The van der Waals surface area contributed by atoms with E-state index in [0.29, 0.717) is 11.5 Å². The Kier molecular flexibility index (Phi) is 7.46. The molecule has 0 radical (unpaired) electrons. The van der Waals surface area contributed by atoms with Gasteiger partial charge in [0.2, 0.25) is 0 Å². The molecular formula is C31H28O3. The molecule has 0 aromatic heterocycles. The van der Waals surface area contributed by atoms with E-state index >= 15 is 0 Å². The Morgan fingerprint density at radius 1 is 0.471 bits per heavy atom. The molecule has 0 bridgehead atoms. The molecule has 0 fully saturated rings. The molecule has 4 aromatic carbocycles. The number of ether oxygens (including phenoxy) is 3. The molecule has 0 saturated carbocycles. The van der Waals surface area contributed by atoms with Crippen molar-refractivity contribution in [3.8, 4) is 28.4 Å². The highest BCUT2D eigenvalue weighted by Crippen LogP contribution is 2.37. The summed E-state index contributed by atoms with van der Waals surface area (Å²) in [5.41, 5.74) is 6.36. The van der Waals surface area contributed by atoms with E-state index < -0.39 is 0 Å². The highest BCUT2D eigenvalue weighted by atomic mass is 16.5. The molecule has 4 aromatic rings. The van der Waals surface area contributed by atoms with Gasteiger partial charge in [-0.05, 0) is 46.5 Å². The van der Waals surface area contributed by atoms with Crippen molar-refractivity contribution in [2.24, 2.45) is 0 Å². The normalized spacial score (nSPS) is 11.1. The van der Waals surface area contributed by atoms with Crippen LogP contribution in [0.1, 0.15) is 22.3 Å². The summed E-state index contributed by atoms with van der Waals surface area (Å²) >= 11 is 0. The fourth-order valence-electron chi connectivity index (χ4n) is 3.85. The maximum atomic E-state index is 5.68. The maximum absolute atomic E-state index is 5.68. The van der Waals surface area contributed by atoms with Crippen LogP contribution in [0.4, 0.5) is 0 Å². The minimum Gasteiger partial charge on any atom is -0.496 e. The Bertz CT molecular complexity index is 1300. The minimum atomic E-state index is 0.697. The zero-order chi connectivity index (χ0) is 23.8. The molecule has 0 saturated heterocycles. The SMILES string of the molecule is COc1ccccc1/C=C/c1cccc(-c2cc(/C=C/c3ccccc3)c(OC)c(OC)c2)c1. The van der Waals surface area contributed by atoms with E-state index in [2.05, 4.69) is 66.8 Å². The quantitative estimate of drug-likeness (QED) is 0.258. The van der Waals surface area contributed by atoms with Gasteiger partial charge >= 0.3 is 0 Å². The van der Waals surface area contributed by atoms with E-state index in [1.165, 1.54) is 0 Å². The first-order chi connectivity index (χ1) is 16.7. The highest BCUT2D eigenvalue weighted by Gasteiger charge is 2.12. The summed E-state index contributed by atoms with van der Waals surface area (Å²) in [6.45, 7) is 0. The molecule has 0 atom stereocenters. The third kappa shape index (κ3) is 5.38. The van der Waals surface area contributed by atoms with Crippen molar-refractivity contribution in [1.82, 2.24) is 0 Å². The molecule has 0 amide bonds. The standard InChI is InChI=1S/C31H28O3/c1-32-29-15-8-7-13-25(29)18-17-24-12-9-14-26(20-24)28-21-27(31(34-3)30(22-28)33-2)19-16-23-10-5-4-6-11-23/h4-22H,1-3H3/b18-17+,19-16+. The molecule has 3 heteroatoms. The molecular weight excluding hydrogens is 420 g/mol. The van der Waals surface area contributed by atoms with Gasteiger partial charge in [0.25, 0.3) is 0 Å². The fraction of sp³-hybridized carbons (Fsp3) is 0.0968. The van der Waals surface area contributed by atoms with Gasteiger partial charge in [-0.25, -0.2) is 0 Å². The number of rotatable bonds is 8. The van der Waals surface area contributed by atoms with E-state index in [9.17, 15) is 0 Å². The second-order valence-electron chi connectivity index (χ2n) is 7.75. The summed E-state index contributed by atoms with van der Waals surface area (Å²) < 4.78 is 16.8. The van der Waals surface area contributed by atoms with Crippen LogP contribution in [-0.4, -0.2) is 21.3 Å². The largest absolute Gasteiger partial charge is 0.496 e. The zero-order valence-electron chi connectivity index (χ0n) is 19.7. The average molecular weight is 449 g/mol. The summed E-state index contributed by atoms with van der Waals surface area (Å²) in [4.78, 5) is 0. The predicted octanol–water partition coefficient (Wildman–Crippen LogP) is 7.72. The van der Waals surface area contributed by atoms with Gasteiger partial charge < -0.3 is 14.2 Å². The molecule has 0 aliphatic rings. The lowest BCUT2D eigenvalue weighted by Gasteiger charge is -2.14. The van der Waals surface area contributed by atoms with Crippen LogP contribution in [-0.2, 0) is 0 Å². The lowest BCUT2D eigenvalue weighted by Crippen LogP contribution is -1.94. The van der Waals surface area contributed by atoms with Gasteiger partial charge in [0.05, 0.1) is 21.3 Å². The minimum absolute atomic E-state index is 0.697. The molecule has 170 valence electrons. The summed E-state index contributed by atoms with van der Waals surface area (Å²) in [7, 11) is 5.02. The van der Waals surface area contributed by atoms with Crippen LogP contribution in [0.2, 0.25) is 0 Å². The topological polar surface area (TPSA) is 27.7 Å². The van der Waals surface area contributed by atoms with Crippen LogP contribution >= 0.6 is 0 Å². The second-order valence-corrected chi connectivity index (χ2v) is 7.75. The van der Waals surface area contributed by atoms with Crippen LogP contribution in [0.3, 0.4) is 0 Å². The van der Waals surface area contributed by atoms with Gasteiger partial charge in [-0.3, -0.25) is 0 Å². The Labute approximate surface area is 201 Å². The van der Waals surface area contributed by atoms with Crippen LogP contribution in [0.25, 0.3) is 35.4 Å². The Morgan fingerprint density at radius 3 is 1.91 bits per heavy atom. The number of methoxy groups -OCH3 is 3.